The van der Waals surface area contributed by atoms with Crippen LogP contribution in [-0.2, 0) is 0 Å². The lowest BCUT2D eigenvalue weighted by atomic mass is 10.1. The van der Waals surface area contributed by atoms with E-state index in [-0.39, 0.29) is 5.75 Å². The van der Waals surface area contributed by atoms with E-state index in [0.29, 0.717) is 35.6 Å². The first-order valence-electron chi connectivity index (χ1n) is 11.3. The third-order valence-corrected chi connectivity index (χ3v) is 5.90. The Labute approximate surface area is 182 Å². The Bertz CT molecular complexity index is 852. The third-order valence-electron chi connectivity index (χ3n) is 5.90. The number of hydrogen-bond donors (Lipinski definition) is 4. The average Bonchev–Trinajstić information content (AvgIpc) is 3.03. The van der Waals surface area contributed by atoms with Crippen LogP contribution in [0.4, 0.5) is 27.9 Å². The first-order valence-corrected chi connectivity index (χ1v) is 11.3. The second-order valence-corrected chi connectivity index (χ2v) is 8.28. The van der Waals surface area contributed by atoms with Crippen LogP contribution >= 0.6 is 0 Å². The number of piperidine rings is 1. The second-order valence-electron chi connectivity index (χ2n) is 8.28. The molecule has 1 aliphatic carbocycles. The quantitative estimate of drug-likeness (QED) is 0.490. The molecule has 1 aromatic heterocycles. The molecule has 1 aromatic carbocycles. The highest BCUT2D eigenvalue weighted by Crippen LogP contribution is 2.25. The van der Waals surface area contributed by atoms with Crippen LogP contribution in [0.25, 0.3) is 0 Å². The van der Waals surface area contributed by atoms with Gasteiger partial charge in [0.25, 0.3) is 0 Å². The molecule has 0 radical (unpaired) electrons. The second kappa shape index (κ2) is 10.6. The molecule has 0 amide bonds. The van der Waals surface area contributed by atoms with Gasteiger partial charge in [0, 0.05) is 23.8 Å². The monoisotopic (exact) mass is 429 g/mol. The van der Waals surface area contributed by atoms with E-state index in [2.05, 4.69) is 36.2 Å². The molecule has 0 unspecified atom stereocenters. The van der Waals surface area contributed by atoms with Crippen molar-refractivity contribution in [2.75, 3.05) is 36.1 Å². The number of methoxy groups -OCH3 is 1. The Kier molecular flexibility index (Phi) is 7.35. The standard InChI is InChI=1S/C22H32FN7O/c1-31-19-9-8-17(14-18(19)23)27-22-29-20(25-15-6-4-2-3-5-7-15)28-21(30-22)26-16-10-12-24-13-11-16/h8-9,14-16,24H,2-7,10-13H2,1H3,(H3,25,26,27,28,29,30). The number of hydrogen-bond acceptors (Lipinski definition) is 8. The normalized spacial score (nSPS) is 18.3. The number of anilines is 4. The Morgan fingerprint density at radius 3 is 2.10 bits per heavy atom. The predicted octanol–water partition coefficient (Wildman–Crippen LogP) is 4.06. The van der Waals surface area contributed by atoms with Crippen LogP contribution in [0.5, 0.6) is 5.75 Å². The summed E-state index contributed by atoms with van der Waals surface area (Å²) in [7, 11) is 1.45. The number of benzene rings is 1. The summed E-state index contributed by atoms with van der Waals surface area (Å²) in [5.74, 6) is 1.23. The number of rotatable bonds is 7. The van der Waals surface area contributed by atoms with Gasteiger partial charge in [0.15, 0.2) is 11.6 Å². The zero-order chi connectivity index (χ0) is 21.5. The fourth-order valence-electron chi connectivity index (χ4n) is 4.19. The Morgan fingerprint density at radius 2 is 1.48 bits per heavy atom. The lowest BCUT2D eigenvalue weighted by Crippen LogP contribution is -2.36. The summed E-state index contributed by atoms with van der Waals surface area (Å²) in [5.41, 5.74) is 0.553. The summed E-state index contributed by atoms with van der Waals surface area (Å²) in [6.07, 6.45) is 9.29. The maximum Gasteiger partial charge on any atom is 0.233 e. The summed E-state index contributed by atoms with van der Waals surface area (Å²) in [5, 5.41) is 13.4. The van der Waals surface area contributed by atoms with Gasteiger partial charge in [-0.1, -0.05) is 25.7 Å². The van der Waals surface area contributed by atoms with E-state index in [4.69, 9.17) is 4.74 Å². The van der Waals surface area contributed by atoms with E-state index in [1.165, 1.54) is 38.9 Å². The molecule has 0 atom stereocenters. The van der Waals surface area contributed by atoms with Gasteiger partial charge >= 0.3 is 0 Å². The van der Waals surface area contributed by atoms with Gasteiger partial charge in [-0.2, -0.15) is 15.0 Å². The van der Waals surface area contributed by atoms with Gasteiger partial charge in [0.1, 0.15) is 0 Å². The van der Waals surface area contributed by atoms with Gasteiger partial charge in [-0.05, 0) is 50.9 Å². The number of halogens is 1. The zero-order valence-electron chi connectivity index (χ0n) is 18.1. The molecule has 1 saturated carbocycles. The topological polar surface area (TPSA) is 96.0 Å². The van der Waals surface area contributed by atoms with Gasteiger partial charge in [0.05, 0.1) is 7.11 Å². The summed E-state index contributed by atoms with van der Waals surface area (Å²) >= 11 is 0. The first-order chi connectivity index (χ1) is 15.2. The Balaban J connectivity index is 1.54. The summed E-state index contributed by atoms with van der Waals surface area (Å²) < 4.78 is 19.1. The average molecular weight is 430 g/mol. The van der Waals surface area contributed by atoms with Crippen molar-refractivity contribution in [1.29, 1.82) is 0 Å². The SMILES string of the molecule is COc1ccc(Nc2nc(NC3CCCCCC3)nc(NC3CCNCC3)n2)cc1F. The third kappa shape index (κ3) is 6.16. The molecule has 31 heavy (non-hydrogen) atoms. The molecule has 0 bridgehead atoms. The molecule has 1 saturated heterocycles. The molecule has 2 heterocycles. The highest BCUT2D eigenvalue weighted by Gasteiger charge is 2.18. The molecule has 2 aliphatic rings. The van der Waals surface area contributed by atoms with Crippen LogP contribution in [0.15, 0.2) is 18.2 Å². The van der Waals surface area contributed by atoms with Crippen LogP contribution in [0.2, 0.25) is 0 Å². The highest BCUT2D eigenvalue weighted by atomic mass is 19.1. The zero-order valence-corrected chi connectivity index (χ0v) is 18.1. The van der Waals surface area contributed by atoms with Gasteiger partial charge in [-0.15, -0.1) is 0 Å². The van der Waals surface area contributed by atoms with Crippen molar-refractivity contribution in [3.63, 3.8) is 0 Å². The minimum absolute atomic E-state index is 0.199. The fraction of sp³-hybridized carbons (Fsp3) is 0.591. The van der Waals surface area contributed by atoms with Crippen molar-refractivity contribution in [2.45, 2.75) is 63.5 Å². The lowest BCUT2D eigenvalue weighted by Gasteiger charge is -2.24. The van der Waals surface area contributed by atoms with Gasteiger partial charge < -0.3 is 26.0 Å². The summed E-state index contributed by atoms with van der Waals surface area (Å²) in [4.78, 5) is 13.8. The summed E-state index contributed by atoms with van der Waals surface area (Å²) in [6, 6.07) is 5.38. The number of nitrogens with zero attached hydrogens (tertiary/aromatic N) is 3. The van der Waals surface area contributed by atoms with Gasteiger partial charge in [-0.25, -0.2) is 4.39 Å². The molecule has 1 aliphatic heterocycles. The lowest BCUT2D eigenvalue weighted by molar-refractivity contribution is 0.386. The van der Waals surface area contributed by atoms with Gasteiger partial charge in [-0.3, -0.25) is 0 Å². The predicted molar refractivity (Wildman–Crippen MR) is 121 cm³/mol. The van der Waals surface area contributed by atoms with Gasteiger partial charge in [0.2, 0.25) is 17.8 Å². The first kappa shape index (κ1) is 21.5. The largest absolute Gasteiger partial charge is 0.494 e. The van der Waals surface area contributed by atoms with Crippen molar-refractivity contribution in [2.24, 2.45) is 0 Å². The molecule has 2 aromatic rings. The van der Waals surface area contributed by atoms with Crippen molar-refractivity contribution < 1.29 is 9.13 Å². The molecule has 168 valence electrons. The minimum atomic E-state index is -0.439. The van der Waals surface area contributed by atoms with E-state index in [1.54, 1.807) is 12.1 Å². The molecule has 4 rings (SSSR count). The highest BCUT2D eigenvalue weighted by molar-refractivity contribution is 5.57. The smallest absolute Gasteiger partial charge is 0.233 e. The maximum absolute atomic E-state index is 14.1. The van der Waals surface area contributed by atoms with Crippen molar-refractivity contribution >= 4 is 23.5 Å². The molecule has 9 heteroatoms. The molecular formula is C22H32FN7O. The van der Waals surface area contributed by atoms with Crippen molar-refractivity contribution in [3.8, 4) is 5.75 Å². The van der Waals surface area contributed by atoms with Crippen molar-refractivity contribution in [1.82, 2.24) is 20.3 Å². The van der Waals surface area contributed by atoms with Crippen LogP contribution < -0.4 is 26.0 Å². The van der Waals surface area contributed by atoms with E-state index in [0.717, 1.165) is 38.8 Å². The number of nitrogens with one attached hydrogen (secondary N) is 4. The Hall–Kier alpha value is -2.68. The van der Waals surface area contributed by atoms with Crippen LogP contribution in [0.1, 0.15) is 51.4 Å². The van der Waals surface area contributed by atoms with E-state index < -0.39 is 5.82 Å². The molecule has 4 N–H and O–H groups in total. The maximum atomic E-state index is 14.1. The molecule has 8 nitrogen and oxygen atoms in total. The molecular weight excluding hydrogens is 397 g/mol. The molecule has 0 spiro atoms. The van der Waals surface area contributed by atoms with E-state index >= 15 is 0 Å². The van der Waals surface area contributed by atoms with E-state index in [9.17, 15) is 4.39 Å². The fourth-order valence-corrected chi connectivity index (χ4v) is 4.19. The van der Waals surface area contributed by atoms with Crippen LogP contribution in [0, 0.1) is 5.82 Å². The number of ether oxygens (including phenoxy) is 1. The van der Waals surface area contributed by atoms with E-state index in [1.807, 2.05) is 0 Å². The molecule has 2 fully saturated rings. The van der Waals surface area contributed by atoms with Crippen molar-refractivity contribution in [3.05, 3.63) is 24.0 Å². The number of aromatic nitrogens is 3. The van der Waals surface area contributed by atoms with Crippen LogP contribution in [-0.4, -0.2) is 47.2 Å². The summed E-state index contributed by atoms with van der Waals surface area (Å²) in [6.45, 7) is 1.96. The Morgan fingerprint density at radius 1 is 0.871 bits per heavy atom. The van der Waals surface area contributed by atoms with Crippen LogP contribution in [0.3, 0.4) is 0 Å². The minimum Gasteiger partial charge on any atom is -0.494 e.